The Morgan fingerprint density at radius 1 is 1.29 bits per heavy atom. The molecule has 0 heterocycles. The molecule has 0 aliphatic heterocycles. The highest BCUT2D eigenvalue weighted by molar-refractivity contribution is 7.87. The van der Waals surface area contributed by atoms with Crippen molar-refractivity contribution >= 4 is 20.9 Å². The molecule has 1 atom stereocenters. The second-order valence-corrected chi connectivity index (χ2v) is 5.69. The third-order valence-electron chi connectivity index (χ3n) is 2.45. The summed E-state index contributed by atoms with van der Waals surface area (Å²) in [7, 11) is -3.94. The minimum Gasteiger partial charge on any atom is -0.367 e. The van der Waals surface area contributed by atoms with Gasteiger partial charge in [0.05, 0.1) is 0 Å². The average Bonchev–Trinajstić information content (AvgIpc) is 2.45. The topological polar surface area (TPSA) is 89.6 Å². The highest BCUT2D eigenvalue weighted by atomic mass is 32.2. The fourth-order valence-electron chi connectivity index (χ4n) is 1.65. The van der Waals surface area contributed by atoms with E-state index in [9.17, 15) is 8.42 Å². The maximum absolute atomic E-state index is 11.9. The molecule has 2 aromatic rings. The summed E-state index contributed by atoms with van der Waals surface area (Å²) >= 11 is 0. The summed E-state index contributed by atoms with van der Waals surface area (Å²) < 4.78 is 28.3. The monoisotopic (exact) mass is 309 g/mol. The molecule has 0 aliphatic rings. The zero-order valence-electron chi connectivity index (χ0n) is 11.8. The predicted octanol–water partition coefficient (Wildman–Crippen LogP) is 2.01. The van der Waals surface area contributed by atoms with Crippen LogP contribution in [-0.4, -0.2) is 26.4 Å². The number of aliphatic hydroxyl groups is 1. The van der Waals surface area contributed by atoms with E-state index in [1.54, 1.807) is 24.3 Å². The van der Waals surface area contributed by atoms with E-state index < -0.39 is 16.4 Å². The number of hydrogen-bond acceptors (Lipinski definition) is 5. The van der Waals surface area contributed by atoms with Crippen molar-refractivity contribution in [2.24, 2.45) is 5.73 Å². The molecular formula is C15H19NO4S. The second kappa shape index (κ2) is 7.90. The summed E-state index contributed by atoms with van der Waals surface area (Å²) in [6.45, 7) is 5.19. The number of rotatable bonds is 4. The molecule has 0 fully saturated rings. The van der Waals surface area contributed by atoms with Gasteiger partial charge in [0.1, 0.15) is 4.90 Å². The molecule has 0 saturated heterocycles. The fourth-order valence-corrected chi connectivity index (χ4v) is 2.82. The molecule has 21 heavy (non-hydrogen) atoms. The molecule has 5 nitrogen and oxygen atoms in total. The Morgan fingerprint density at radius 3 is 2.43 bits per heavy atom. The van der Waals surface area contributed by atoms with Crippen molar-refractivity contribution in [3.63, 3.8) is 0 Å². The largest absolute Gasteiger partial charge is 0.367 e. The molecule has 2 rings (SSSR count). The molecule has 0 amide bonds. The maximum Gasteiger partial charge on any atom is 0.300 e. The van der Waals surface area contributed by atoms with Crippen molar-refractivity contribution in [3.8, 4) is 0 Å². The van der Waals surface area contributed by atoms with Crippen LogP contribution in [0.15, 0.2) is 60.0 Å². The van der Waals surface area contributed by atoms with Crippen molar-refractivity contribution in [2.45, 2.75) is 18.1 Å². The van der Waals surface area contributed by atoms with E-state index in [1.165, 1.54) is 13.0 Å². The van der Waals surface area contributed by atoms with Gasteiger partial charge < -0.3 is 10.8 Å². The van der Waals surface area contributed by atoms with Gasteiger partial charge in [-0.25, -0.2) is 4.18 Å². The van der Waals surface area contributed by atoms with E-state index in [1.807, 2.05) is 18.2 Å². The van der Waals surface area contributed by atoms with Crippen LogP contribution in [0.1, 0.15) is 6.92 Å². The first-order valence-corrected chi connectivity index (χ1v) is 7.73. The Morgan fingerprint density at radius 2 is 1.86 bits per heavy atom. The summed E-state index contributed by atoms with van der Waals surface area (Å²) in [6, 6.07) is 12.0. The third-order valence-corrected chi connectivity index (χ3v) is 3.88. The van der Waals surface area contributed by atoms with Gasteiger partial charge in [-0.05, 0) is 18.4 Å². The summed E-state index contributed by atoms with van der Waals surface area (Å²) in [4.78, 5) is 0.0662. The molecule has 0 saturated carbocycles. The lowest BCUT2D eigenvalue weighted by Crippen LogP contribution is -2.14. The molecular weight excluding hydrogens is 290 g/mol. The standard InChI is InChI=1S/C12H12O4S.C3H7N/c1-9(13)16-17(14,15)12-8-4-6-10-5-2-3-7-11(10)12;1-2-3-4/h2-9,13H,1H3;2H,1,3-4H2. The van der Waals surface area contributed by atoms with Crippen molar-refractivity contribution in [1.29, 1.82) is 0 Å². The summed E-state index contributed by atoms with van der Waals surface area (Å²) in [5, 5.41) is 10.4. The minimum absolute atomic E-state index is 0.0662. The van der Waals surface area contributed by atoms with Crippen molar-refractivity contribution in [1.82, 2.24) is 0 Å². The highest BCUT2D eigenvalue weighted by Gasteiger charge is 2.20. The number of fused-ring (bicyclic) bond motifs is 1. The molecule has 3 N–H and O–H groups in total. The molecule has 0 spiro atoms. The first-order valence-electron chi connectivity index (χ1n) is 6.32. The Labute approximate surface area is 124 Å². The quantitative estimate of drug-likeness (QED) is 0.512. The van der Waals surface area contributed by atoms with Gasteiger partial charge in [-0.3, -0.25) is 0 Å². The molecule has 0 bridgehead atoms. The number of hydrogen-bond donors (Lipinski definition) is 2. The number of benzene rings is 2. The van der Waals surface area contributed by atoms with Gasteiger partial charge in [0.2, 0.25) is 0 Å². The maximum atomic E-state index is 11.9. The molecule has 0 aliphatic carbocycles. The molecule has 0 radical (unpaired) electrons. The van der Waals surface area contributed by atoms with E-state index in [2.05, 4.69) is 10.8 Å². The van der Waals surface area contributed by atoms with Gasteiger partial charge in [-0.1, -0.05) is 42.5 Å². The van der Waals surface area contributed by atoms with E-state index >= 15 is 0 Å². The van der Waals surface area contributed by atoms with Crippen LogP contribution in [0.2, 0.25) is 0 Å². The lowest BCUT2D eigenvalue weighted by atomic mass is 10.1. The van der Waals surface area contributed by atoms with Crippen molar-refractivity contribution in [3.05, 3.63) is 55.1 Å². The fraction of sp³-hybridized carbons (Fsp3) is 0.200. The van der Waals surface area contributed by atoms with Crippen LogP contribution in [-0.2, 0) is 14.3 Å². The van der Waals surface area contributed by atoms with Crippen LogP contribution in [0.5, 0.6) is 0 Å². The van der Waals surface area contributed by atoms with Crippen LogP contribution in [0, 0.1) is 0 Å². The van der Waals surface area contributed by atoms with Crippen molar-refractivity contribution in [2.75, 3.05) is 6.54 Å². The van der Waals surface area contributed by atoms with Crippen LogP contribution in [0.25, 0.3) is 10.8 Å². The Kier molecular flexibility index (Phi) is 6.51. The van der Waals surface area contributed by atoms with Crippen LogP contribution in [0.3, 0.4) is 0 Å². The van der Waals surface area contributed by atoms with Gasteiger partial charge in [0.25, 0.3) is 10.1 Å². The van der Waals surface area contributed by atoms with Gasteiger partial charge in [-0.2, -0.15) is 8.42 Å². The van der Waals surface area contributed by atoms with Crippen LogP contribution < -0.4 is 5.73 Å². The average molecular weight is 309 g/mol. The van der Waals surface area contributed by atoms with Crippen LogP contribution in [0.4, 0.5) is 0 Å². The van der Waals surface area contributed by atoms with Gasteiger partial charge >= 0.3 is 0 Å². The Hall–Kier alpha value is -1.73. The zero-order valence-corrected chi connectivity index (χ0v) is 12.6. The summed E-state index contributed by atoms with van der Waals surface area (Å²) in [5.41, 5.74) is 4.91. The zero-order chi connectivity index (χ0) is 15.9. The molecule has 2 aromatic carbocycles. The summed E-state index contributed by atoms with van der Waals surface area (Å²) in [6.07, 6.45) is 0.291. The van der Waals surface area contributed by atoms with Crippen LogP contribution >= 0.6 is 0 Å². The van der Waals surface area contributed by atoms with Gasteiger partial charge in [0.15, 0.2) is 6.29 Å². The minimum atomic E-state index is -3.94. The van der Waals surface area contributed by atoms with Gasteiger partial charge in [0, 0.05) is 11.9 Å². The smallest absolute Gasteiger partial charge is 0.300 e. The van der Waals surface area contributed by atoms with E-state index in [0.29, 0.717) is 11.9 Å². The van der Waals surface area contributed by atoms with E-state index in [0.717, 1.165) is 5.39 Å². The number of aliphatic hydroxyl groups excluding tert-OH is 1. The predicted molar refractivity (Wildman–Crippen MR) is 83.2 cm³/mol. The molecule has 1 unspecified atom stereocenters. The Bertz CT molecular complexity index is 690. The van der Waals surface area contributed by atoms with E-state index in [4.69, 9.17) is 10.8 Å². The lowest BCUT2D eigenvalue weighted by Gasteiger charge is -2.09. The second-order valence-electron chi connectivity index (χ2n) is 4.15. The van der Waals surface area contributed by atoms with Gasteiger partial charge in [-0.15, -0.1) is 6.58 Å². The molecule has 114 valence electrons. The first kappa shape index (κ1) is 17.3. The molecule has 0 aromatic heterocycles. The van der Waals surface area contributed by atoms with E-state index in [-0.39, 0.29) is 4.90 Å². The lowest BCUT2D eigenvalue weighted by molar-refractivity contribution is 0.00549. The number of nitrogens with two attached hydrogens (primary N) is 1. The highest BCUT2D eigenvalue weighted by Crippen LogP contribution is 2.24. The first-order chi connectivity index (χ1) is 9.92. The Balaban J connectivity index is 0.000000491. The van der Waals surface area contributed by atoms with Crippen molar-refractivity contribution < 1.29 is 17.7 Å². The normalized spacial score (nSPS) is 12.3. The SMILES string of the molecule is C=CCN.CC(O)OS(=O)(=O)c1cccc2ccccc12. The summed E-state index contributed by atoms with van der Waals surface area (Å²) in [5.74, 6) is 0. The third kappa shape index (κ3) is 4.95. The molecule has 6 heteroatoms.